The van der Waals surface area contributed by atoms with Crippen molar-refractivity contribution in [2.45, 2.75) is 71.6 Å². The number of allylic oxidation sites excluding steroid dienone is 2. The summed E-state index contributed by atoms with van der Waals surface area (Å²) in [7, 11) is 0. The summed E-state index contributed by atoms with van der Waals surface area (Å²) in [6.45, 7) is 7.37. The first-order valence-corrected chi connectivity index (χ1v) is 11.8. The number of fused-ring (bicyclic) bond motifs is 2. The van der Waals surface area contributed by atoms with Gasteiger partial charge in [0.2, 0.25) is 11.8 Å². The van der Waals surface area contributed by atoms with Gasteiger partial charge in [-0.3, -0.25) is 19.3 Å². The van der Waals surface area contributed by atoms with Gasteiger partial charge in [0.15, 0.2) is 6.10 Å². The number of likely N-dealkylation sites (tertiary alicyclic amines) is 1. The van der Waals surface area contributed by atoms with Crippen molar-refractivity contribution in [2.75, 3.05) is 4.90 Å². The van der Waals surface area contributed by atoms with Crippen LogP contribution in [0.15, 0.2) is 36.4 Å². The molecule has 0 N–H and O–H groups in total. The Morgan fingerprint density at radius 2 is 1.64 bits per heavy atom. The maximum absolute atomic E-state index is 13.3. The van der Waals surface area contributed by atoms with Gasteiger partial charge < -0.3 is 9.64 Å². The van der Waals surface area contributed by atoms with Gasteiger partial charge >= 0.3 is 5.97 Å². The lowest BCUT2D eigenvalue weighted by molar-refractivity contribution is -0.165. The summed E-state index contributed by atoms with van der Waals surface area (Å²) >= 11 is 0. The van der Waals surface area contributed by atoms with E-state index >= 15 is 0 Å². The van der Waals surface area contributed by atoms with E-state index in [0.29, 0.717) is 19.3 Å². The van der Waals surface area contributed by atoms with E-state index in [9.17, 15) is 19.2 Å². The van der Waals surface area contributed by atoms with Crippen LogP contribution in [0, 0.1) is 17.8 Å². The minimum atomic E-state index is -1.03. The normalized spacial score (nSPS) is 25.8. The number of imide groups is 1. The fourth-order valence-corrected chi connectivity index (χ4v) is 5.29. The predicted molar refractivity (Wildman–Crippen MR) is 123 cm³/mol. The number of ether oxygens (including phenoxy) is 1. The van der Waals surface area contributed by atoms with Gasteiger partial charge in [-0.1, -0.05) is 44.2 Å². The van der Waals surface area contributed by atoms with Gasteiger partial charge in [0.05, 0.1) is 11.8 Å². The molecule has 2 aliphatic heterocycles. The highest BCUT2D eigenvalue weighted by atomic mass is 16.5. The molecule has 1 fully saturated rings. The molecule has 1 aromatic rings. The SMILES string of the molecule is CC(C)C[C@H](C(=O)O[C@H](C)C(=O)N1c2ccccc2C[C@@H]1C)N1C(=O)[C@@H]2CC=CC[C@H]2C1=O. The van der Waals surface area contributed by atoms with Crippen molar-refractivity contribution in [1.82, 2.24) is 4.90 Å². The number of benzene rings is 1. The van der Waals surface area contributed by atoms with Gasteiger partial charge in [0.1, 0.15) is 6.04 Å². The first kappa shape index (κ1) is 23.2. The van der Waals surface area contributed by atoms with Gasteiger partial charge in [0.25, 0.3) is 5.91 Å². The van der Waals surface area contributed by atoms with E-state index in [4.69, 9.17) is 4.74 Å². The molecule has 0 spiro atoms. The van der Waals surface area contributed by atoms with E-state index in [1.807, 2.05) is 57.2 Å². The quantitative estimate of drug-likeness (QED) is 0.376. The number of rotatable bonds is 6. The first-order chi connectivity index (χ1) is 15.7. The Labute approximate surface area is 194 Å². The number of esters is 1. The average Bonchev–Trinajstić information content (AvgIpc) is 3.24. The number of anilines is 1. The largest absolute Gasteiger partial charge is 0.451 e. The third-order valence-electron chi connectivity index (χ3n) is 6.91. The Balaban J connectivity index is 1.51. The van der Waals surface area contributed by atoms with Crippen LogP contribution in [0.3, 0.4) is 0 Å². The van der Waals surface area contributed by atoms with Crippen LogP contribution < -0.4 is 4.90 Å². The lowest BCUT2D eigenvalue weighted by Crippen LogP contribution is -2.49. The Morgan fingerprint density at radius 3 is 2.24 bits per heavy atom. The lowest BCUT2D eigenvalue weighted by atomic mass is 9.85. The third-order valence-corrected chi connectivity index (χ3v) is 6.91. The van der Waals surface area contributed by atoms with Crippen LogP contribution in [0.2, 0.25) is 0 Å². The van der Waals surface area contributed by atoms with Crippen molar-refractivity contribution in [3.8, 4) is 0 Å². The molecule has 0 unspecified atom stereocenters. The molecule has 1 aliphatic carbocycles. The van der Waals surface area contributed by atoms with Crippen LogP contribution in [0.1, 0.15) is 52.5 Å². The maximum Gasteiger partial charge on any atom is 0.330 e. The van der Waals surface area contributed by atoms with Crippen LogP contribution in [0.5, 0.6) is 0 Å². The van der Waals surface area contributed by atoms with Crippen LogP contribution in [-0.2, 0) is 30.3 Å². The van der Waals surface area contributed by atoms with Gasteiger partial charge in [-0.05, 0) is 57.1 Å². The zero-order chi connectivity index (χ0) is 23.9. The van der Waals surface area contributed by atoms with Gasteiger partial charge in [-0.15, -0.1) is 0 Å². The fourth-order valence-electron chi connectivity index (χ4n) is 5.29. The van der Waals surface area contributed by atoms with Gasteiger partial charge in [-0.2, -0.15) is 0 Å². The molecule has 5 atom stereocenters. The molecule has 2 heterocycles. The Morgan fingerprint density at radius 1 is 1.03 bits per heavy atom. The fraction of sp³-hybridized carbons (Fsp3) is 0.538. The average molecular weight is 453 g/mol. The standard InChI is InChI=1S/C26H32N2O5/c1-15(2)13-22(28-24(30)19-10-6-7-11-20(19)25(28)31)26(32)33-17(4)23(29)27-16(3)14-18-9-5-8-12-21(18)27/h5-9,12,15-17,19-20,22H,10-11,13-14H2,1-4H3/t16-,17+,19+,20+,22+/m0/s1. The number of hydrogen-bond acceptors (Lipinski definition) is 5. The molecule has 7 heteroatoms. The van der Waals surface area contributed by atoms with Crippen molar-refractivity contribution in [3.05, 3.63) is 42.0 Å². The second kappa shape index (κ2) is 9.12. The molecule has 0 aromatic heterocycles. The smallest absolute Gasteiger partial charge is 0.330 e. The third kappa shape index (κ3) is 4.21. The molecule has 4 rings (SSSR count). The topological polar surface area (TPSA) is 84.0 Å². The van der Waals surface area contributed by atoms with Crippen LogP contribution in [-0.4, -0.2) is 46.8 Å². The molecular weight excluding hydrogens is 420 g/mol. The zero-order valence-electron chi connectivity index (χ0n) is 19.7. The van der Waals surface area contributed by atoms with E-state index < -0.39 is 30.0 Å². The molecule has 33 heavy (non-hydrogen) atoms. The molecular formula is C26H32N2O5. The second-order valence-electron chi connectivity index (χ2n) is 9.82. The number of nitrogens with zero attached hydrogens (tertiary/aromatic N) is 2. The monoisotopic (exact) mass is 452 g/mol. The molecule has 0 bridgehead atoms. The lowest BCUT2D eigenvalue weighted by Gasteiger charge is -2.29. The summed E-state index contributed by atoms with van der Waals surface area (Å²) in [6.07, 6.45) is 4.87. The first-order valence-electron chi connectivity index (χ1n) is 11.8. The summed E-state index contributed by atoms with van der Waals surface area (Å²) in [5.41, 5.74) is 1.91. The number of carbonyl (C=O) groups is 4. The molecule has 176 valence electrons. The predicted octanol–water partition coefficient (Wildman–Crippen LogP) is 3.26. The van der Waals surface area contributed by atoms with E-state index in [1.54, 1.807) is 11.8 Å². The Kier molecular flexibility index (Phi) is 6.41. The Bertz CT molecular complexity index is 974. The molecule has 3 amide bonds. The van der Waals surface area contributed by atoms with E-state index in [1.165, 1.54) is 0 Å². The van der Waals surface area contributed by atoms with Gasteiger partial charge in [-0.25, -0.2) is 4.79 Å². The molecule has 3 aliphatic rings. The summed E-state index contributed by atoms with van der Waals surface area (Å²) in [4.78, 5) is 55.5. The number of hydrogen-bond donors (Lipinski definition) is 0. The van der Waals surface area contributed by atoms with Crippen molar-refractivity contribution < 1.29 is 23.9 Å². The van der Waals surface area contributed by atoms with E-state index in [-0.39, 0.29) is 29.7 Å². The maximum atomic E-state index is 13.3. The van der Waals surface area contributed by atoms with E-state index in [2.05, 4.69) is 0 Å². The summed E-state index contributed by atoms with van der Waals surface area (Å²) in [5.74, 6) is -2.38. The minimum Gasteiger partial charge on any atom is -0.451 e. The second-order valence-corrected chi connectivity index (χ2v) is 9.82. The van der Waals surface area contributed by atoms with Crippen LogP contribution in [0.4, 0.5) is 5.69 Å². The molecule has 0 radical (unpaired) electrons. The summed E-state index contributed by atoms with van der Waals surface area (Å²) in [5, 5.41) is 0. The molecule has 1 saturated heterocycles. The minimum absolute atomic E-state index is 0.0418. The number of carbonyl (C=O) groups excluding carboxylic acids is 4. The number of para-hydroxylation sites is 1. The highest BCUT2D eigenvalue weighted by Gasteiger charge is 2.52. The zero-order valence-corrected chi connectivity index (χ0v) is 19.7. The van der Waals surface area contributed by atoms with Crippen molar-refractivity contribution in [3.63, 3.8) is 0 Å². The molecule has 0 saturated carbocycles. The molecule has 1 aromatic carbocycles. The summed E-state index contributed by atoms with van der Waals surface area (Å²) in [6, 6.07) is 6.65. The molecule has 7 nitrogen and oxygen atoms in total. The van der Waals surface area contributed by atoms with Crippen molar-refractivity contribution >= 4 is 29.4 Å². The summed E-state index contributed by atoms with van der Waals surface area (Å²) < 4.78 is 5.62. The van der Waals surface area contributed by atoms with Crippen LogP contribution in [0.25, 0.3) is 0 Å². The van der Waals surface area contributed by atoms with Crippen molar-refractivity contribution in [2.24, 2.45) is 17.8 Å². The Hall–Kier alpha value is -2.96. The highest BCUT2D eigenvalue weighted by Crippen LogP contribution is 2.37. The van der Waals surface area contributed by atoms with Gasteiger partial charge in [0, 0.05) is 11.7 Å². The highest BCUT2D eigenvalue weighted by molar-refractivity contribution is 6.08. The van der Waals surface area contributed by atoms with Crippen LogP contribution >= 0.6 is 0 Å². The van der Waals surface area contributed by atoms with E-state index in [0.717, 1.165) is 22.6 Å². The number of amides is 3. The van der Waals surface area contributed by atoms with Crippen molar-refractivity contribution in [1.29, 1.82) is 0 Å².